The molecule has 0 radical (unpaired) electrons. The summed E-state index contributed by atoms with van der Waals surface area (Å²) in [5, 5.41) is 11.7. The Labute approximate surface area is 110 Å². The molecule has 1 N–H and O–H groups in total. The molecule has 18 heavy (non-hydrogen) atoms. The van der Waals surface area contributed by atoms with Gasteiger partial charge in [0.05, 0.1) is 0 Å². The largest absolute Gasteiger partial charge is 0.425 e. The number of likely N-dealkylation sites (N-methyl/N-ethyl adjacent to an activating group) is 1. The maximum Gasteiger partial charge on any atom is 0.219 e. The van der Waals surface area contributed by atoms with E-state index in [1.165, 1.54) is 44.9 Å². The second kappa shape index (κ2) is 7.52. The normalized spacial score (nSPS) is 18.5. The average Bonchev–Trinajstić information content (AvgIpc) is 2.78. The molecule has 0 atom stereocenters. The standard InChI is InChI=1S/C14H25N3O/c1-2-15-11-10-13-16-17-14(18-13)12-8-6-4-3-5-7-9-12/h12,15H,2-11H2,1H3. The summed E-state index contributed by atoms with van der Waals surface area (Å²) in [6.07, 6.45) is 10.00. The van der Waals surface area contributed by atoms with Crippen molar-refractivity contribution in [3.8, 4) is 0 Å². The fraction of sp³-hybridized carbons (Fsp3) is 0.857. The molecule has 0 aliphatic heterocycles. The van der Waals surface area contributed by atoms with Crippen LogP contribution in [0.25, 0.3) is 0 Å². The number of hydrogen-bond acceptors (Lipinski definition) is 4. The van der Waals surface area contributed by atoms with Crippen LogP contribution in [0.4, 0.5) is 0 Å². The van der Waals surface area contributed by atoms with Crippen LogP contribution in [0.5, 0.6) is 0 Å². The quantitative estimate of drug-likeness (QED) is 0.817. The molecule has 0 unspecified atom stereocenters. The number of hydrogen-bond donors (Lipinski definition) is 1. The number of nitrogens with one attached hydrogen (secondary N) is 1. The molecule has 1 aromatic rings. The number of aromatic nitrogens is 2. The van der Waals surface area contributed by atoms with E-state index in [4.69, 9.17) is 4.42 Å². The van der Waals surface area contributed by atoms with E-state index in [2.05, 4.69) is 22.4 Å². The Balaban J connectivity index is 1.86. The lowest BCUT2D eigenvalue weighted by Crippen LogP contribution is -2.16. The van der Waals surface area contributed by atoms with Crippen LogP contribution in [0.2, 0.25) is 0 Å². The highest BCUT2D eigenvalue weighted by Gasteiger charge is 2.19. The van der Waals surface area contributed by atoms with E-state index in [0.717, 1.165) is 31.3 Å². The summed E-state index contributed by atoms with van der Waals surface area (Å²) < 4.78 is 5.80. The zero-order valence-corrected chi connectivity index (χ0v) is 11.5. The van der Waals surface area contributed by atoms with Gasteiger partial charge >= 0.3 is 0 Å². The number of nitrogens with zero attached hydrogens (tertiary/aromatic N) is 2. The van der Waals surface area contributed by atoms with Gasteiger partial charge in [-0.3, -0.25) is 0 Å². The van der Waals surface area contributed by atoms with Gasteiger partial charge in [-0.25, -0.2) is 0 Å². The molecule has 1 heterocycles. The molecule has 4 heteroatoms. The smallest absolute Gasteiger partial charge is 0.219 e. The van der Waals surface area contributed by atoms with Crippen LogP contribution in [0.15, 0.2) is 4.42 Å². The van der Waals surface area contributed by atoms with Gasteiger partial charge in [0.1, 0.15) is 0 Å². The van der Waals surface area contributed by atoms with Gasteiger partial charge in [-0.15, -0.1) is 10.2 Å². The summed E-state index contributed by atoms with van der Waals surface area (Å²) in [5.41, 5.74) is 0. The topological polar surface area (TPSA) is 51.0 Å². The van der Waals surface area contributed by atoms with Crippen molar-refractivity contribution in [2.75, 3.05) is 13.1 Å². The lowest BCUT2D eigenvalue weighted by molar-refractivity contribution is 0.362. The van der Waals surface area contributed by atoms with Gasteiger partial charge in [-0.2, -0.15) is 0 Å². The van der Waals surface area contributed by atoms with E-state index in [9.17, 15) is 0 Å². The third-order valence-electron chi connectivity index (χ3n) is 3.70. The number of rotatable bonds is 5. The van der Waals surface area contributed by atoms with Crippen LogP contribution in [-0.2, 0) is 6.42 Å². The second-order valence-electron chi connectivity index (χ2n) is 5.18. The molecule has 0 spiro atoms. The minimum atomic E-state index is 0.505. The van der Waals surface area contributed by atoms with Crippen LogP contribution in [-0.4, -0.2) is 23.3 Å². The molecule has 1 aromatic heterocycles. The lowest BCUT2D eigenvalue weighted by Gasteiger charge is -2.15. The highest BCUT2D eigenvalue weighted by Crippen LogP contribution is 2.29. The summed E-state index contributed by atoms with van der Waals surface area (Å²) in [5.74, 6) is 2.17. The van der Waals surface area contributed by atoms with Crippen molar-refractivity contribution >= 4 is 0 Å². The molecule has 4 nitrogen and oxygen atoms in total. The fourth-order valence-electron chi connectivity index (χ4n) is 2.61. The van der Waals surface area contributed by atoms with E-state index >= 15 is 0 Å². The Morgan fingerprint density at radius 2 is 1.83 bits per heavy atom. The summed E-state index contributed by atoms with van der Waals surface area (Å²) >= 11 is 0. The van der Waals surface area contributed by atoms with Crippen LogP contribution in [0.3, 0.4) is 0 Å². The lowest BCUT2D eigenvalue weighted by atomic mass is 9.91. The van der Waals surface area contributed by atoms with E-state index < -0.39 is 0 Å². The SMILES string of the molecule is CCNCCc1nnc(C2CCCCCCC2)o1. The maximum absolute atomic E-state index is 5.80. The first-order valence-corrected chi connectivity index (χ1v) is 7.43. The fourth-order valence-corrected chi connectivity index (χ4v) is 2.61. The van der Waals surface area contributed by atoms with Crippen molar-refractivity contribution in [3.05, 3.63) is 11.8 Å². The third kappa shape index (κ3) is 4.09. The minimum absolute atomic E-state index is 0.505. The molecular formula is C14H25N3O. The molecular weight excluding hydrogens is 226 g/mol. The minimum Gasteiger partial charge on any atom is -0.425 e. The van der Waals surface area contributed by atoms with Crippen molar-refractivity contribution < 1.29 is 4.42 Å². The molecule has 0 saturated heterocycles. The van der Waals surface area contributed by atoms with E-state index in [-0.39, 0.29) is 0 Å². The van der Waals surface area contributed by atoms with Crippen LogP contribution < -0.4 is 5.32 Å². The zero-order chi connectivity index (χ0) is 12.6. The molecule has 0 aromatic carbocycles. The van der Waals surface area contributed by atoms with Gasteiger partial charge in [0, 0.05) is 18.9 Å². The highest BCUT2D eigenvalue weighted by atomic mass is 16.4. The molecule has 1 fully saturated rings. The van der Waals surface area contributed by atoms with E-state index in [1.807, 2.05) is 0 Å². The summed E-state index contributed by atoms with van der Waals surface area (Å²) in [6.45, 7) is 4.01. The van der Waals surface area contributed by atoms with Crippen molar-refractivity contribution in [1.29, 1.82) is 0 Å². The first-order valence-electron chi connectivity index (χ1n) is 7.43. The van der Waals surface area contributed by atoms with E-state index in [0.29, 0.717) is 5.92 Å². The second-order valence-corrected chi connectivity index (χ2v) is 5.18. The first kappa shape index (κ1) is 13.5. The van der Waals surface area contributed by atoms with Gasteiger partial charge in [-0.05, 0) is 19.4 Å². The molecule has 0 amide bonds. The summed E-state index contributed by atoms with van der Waals surface area (Å²) in [4.78, 5) is 0. The van der Waals surface area contributed by atoms with Crippen LogP contribution >= 0.6 is 0 Å². The Morgan fingerprint density at radius 3 is 2.56 bits per heavy atom. The van der Waals surface area contributed by atoms with Gasteiger partial charge < -0.3 is 9.73 Å². The predicted molar refractivity (Wildman–Crippen MR) is 71.6 cm³/mol. The van der Waals surface area contributed by atoms with Gasteiger partial charge in [-0.1, -0.05) is 39.0 Å². The first-order chi connectivity index (χ1) is 8.90. The molecule has 1 aliphatic rings. The highest BCUT2D eigenvalue weighted by molar-refractivity contribution is 4.92. The molecule has 2 rings (SSSR count). The molecule has 1 saturated carbocycles. The third-order valence-corrected chi connectivity index (χ3v) is 3.70. The maximum atomic E-state index is 5.80. The van der Waals surface area contributed by atoms with E-state index in [1.54, 1.807) is 0 Å². The van der Waals surface area contributed by atoms with Crippen molar-refractivity contribution in [2.24, 2.45) is 0 Å². The average molecular weight is 251 g/mol. The van der Waals surface area contributed by atoms with Crippen molar-refractivity contribution in [3.63, 3.8) is 0 Å². The van der Waals surface area contributed by atoms with Crippen molar-refractivity contribution in [2.45, 2.75) is 64.2 Å². The predicted octanol–water partition coefficient (Wildman–Crippen LogP) is 3.05. The Kier molecular flexibility index (Phi) is 5.65. The molecule has 1 aliphatic carbocycles. The molecule has 0 bridgehead atoms. The van der Waals surface area contributed by atoms with Crippen LogP contribution in [0.1, 0.15) is 69.6 Å². The summed E-state index contributed by atoms with van der Waals surface area (Å²) in [7, 11) is 0. The molecule has 102 valence electrons. The Hall–Kier alpha value is -0.900. The van der Waals surface area contributed by atoms with Gasteiger partial charge in [0.15, 0.2) is 0 Å². The Morgan fingerprint density at radius 1 is 1.11 bits per heavy atom. The van der Waals surface area contributed by atoms with Gasteiger partial charge in [0.25, 0.3) is 0 Å². The van der Waals surface area contributed by atoms with Crippen molar-refractivity contribution in [1.82, 2.24) is 15.5 Å². The Bertz CT molecular complexity index is 330. The van der Waals surface area contributed by atoms with Crippen LogP contribution in [0, 0.1) is 0 Å². The summed E-state index contributed by atoms with van der Waals surface area (Å²) in [6, 6.07) is 0. The monoisotopic (exact) mass is 251 g/mol. The van der Waals surface area contributed by atoms with Gasteiger partial charge in [0.2, 0.25) is 11.8 Å². The zero-order valence-electron chi connectivity index (χ0n) is 11.5.